The predicted molar refractivity (Wildman–Crippen MR) is 85.5 cm³/mol. The number of amides is 1. The highest BCUT2D eigenvalue weighted by atomic mass is 35.5. The largest absolute Gasteiger partial charge is 0.346 e. The Labute approximate surface area is 130 Å². The van der Waals surface area contributed by atoms with Gasteiger partial charge in [-0.05, 0) is 30.0 Å². The van der Waals surface area contributed by atoms with Crippen LogP contribution in [0.4, 0.5) is 0 Å². The molecule has 2 aromatic heterocycles. The molecule has 3 nitrogen and oxygen atoms in total. The van der Waals surface area contributed by atoms with Crippen LogP contribution in [0.5, 0.6) is 0 Å². The molecule has 0 bridgehead atoms. The maximum absolute atomic E-state index is 12.0. The van der Waals surface area contributed by atoms with Crippen molar-refractivity contribution in [2.75, 3.05) is 6.54 Å². The average molecular weight is 325 g/mol. The van der Waals surface area contributed by atoms with E-state index in [0.717, 1.165) is 15.3 Å². The summed E-state index contributed by atoms with van der Waals surface area (Å²) in [7, 11) is 0. The lowest BCUT2D eigenvalue weighted by Crippen LogP contribution is -2.21. The zero-order valence-electron chi connectivity index (χ0n) is 10.8. The minimum Gasteiger partial charge on any atom is -0.346 e. The second-order valence-electron chi connectivity index (χ2n) is 4.02. The summed E-state index contributed by atoms with van der Waals surface area (Å²) in [6, 6.07) is 3.88. The molecule has 0 saturated carbocycles. The van der Waals surface area contributed by atoms with E-state index < -0.39 is 0 Å². The van der Waals surface area contributed by atoms with Gasteiger partial charge in [0.2, 0.25) is 0 Å². The second kappa shape index (κ2) is 6.91. The number of thiophene rings is 2. The first kappa shape index (κ1) is 15.1. The van der Waals surface area contributed by atoms with Gasteiger partial charge in [-0.25, -0.2) is 0 Å². The van der Waals surface area contributed by atoms with Crippen LogP contribution in [0.3, 0.4) is 0 Å². The van der Waals surface area contributed by atoms with Crippen molar-refractivity contribution in [2.45, 2.75) is 13.5 Å². The van der Waals surface area contributed by atoms with E-state index in [4.69, 9.17) is 17.3 Å². The Balaban J connectivity index is 1.97. The van der Waals surface area contributed by atoms with Gasteiger partial charge in [-0.2, -0.15) is 0 Å². The van der Waals surface area contributed by atoms with Crippen molar-refractivity contribution < 1.29 is 4.79 Å². The summed E-state index contributed by atoms with van der Waals surface area (Å²) in [4.78, 5) is 14.6. The van der Waals surface area contributed by atoms with Gasteiger partial charge >= 0.3 is 0 Å². The number of halogens is 1. The van der Waals surface area contributed by atoms with Crippen molar-refractivity contribution in [1.82, 2.24) is 5.32 Å². The summed E-state index contributed by atoms with van der Waals surface area (Å²) in [5.41, 5.74) is 6.25. The molecule has 0 aliphatic carbocycles. The van der Waals surface area contributed by atoms with Gasteiger partial charge in [0.15, 0.2) is 0 Å². The second-order valence-corrected chi connectivity index (χ2v) is 6.44. The molecule has 3 N–H and O–H groups in total. The first-order valence-electron chi connectivity index (χ1n) is 5.91. The first-order valence-corrected chi connectivity index (χ1v) is 7.98. The van der Waals surface area contributed by atoms with E-state index in [1.54, 1.807) is 11.3 Å². The molecule has 0 aliphatic rings. The Morgan fingerprint density at radius 3 is 2.95 bits per heavy atom. The van der Waals surface area contributed by atoms with E-state index in [1.165, 1.54) is 11.3 Å². The Morgan fingerprint density at radius 1 is 1.50 bits per heavy atom. The van der Waals surface area contributed by atoms with Gasteiger partial charge in [-0.15, -0.1) is 22.7 Å². The maximum atomic E-state index is 12.0. The molecule has 0 radical (unpaired) electrons. The molecule has 0 unspecified atom stereocenters. The number of hydrogen-bond donors (Lipinski definition) is 2. The number of carbonyl (C=O) groups excluding carboxylic acids is 1. The van der Waals surface area contributed by atoms with Crippen LogP contribution in [0.15, 0.2) is 17.5 Å². The highest BCUT2D eigenvalue weighted by Gasteiger charge is 2.14. The highest BCUT2D eigenvalue weighted by Crippen LogP contribution is 2.27. The molecular weight excluding hydrogens is 312 g/mol. The zero-order chi connectivity index (χ0) is 14.5. The van der Waals surface area contributed by atoms with Crippen LogP contribution < -0.4 is 11.1 Å². The summed E-state index contributed by atoms with van der Waals surface area (Å²) in [5, 5.41) is 5.28. The van der Waals surface area contributed by atoms with Crippen molar-refractivity contribution in [3.05, 3.63) is 42.7 Å². The van der Waals surface area contributed by atoms with Crippen molar-refractivity contribution in [3.63, 3.8) is 0 Å². The summed E-state index contributed by atoms with van der Waals surface area (Å²) >= 11 is 8.97. The third-order valence-corrected chi connectivity index (χ3v) is 5.20. The molecule has 0 atom stereocenters. The van der Waals surface area contributed by atoms with Crippen LogP contribution in [0.2, 0.25) is 5.02 Å². The Hall–Kier alpha value is -1.32. The summed E-state index contributed by atoms with van der Waals surface area (Å²) in [5.74, 6) is 5.63. The number of aryl methyl sites for hydroxylation is 1. The molecule has 0 spiro atoms. The quantitative estimate of drug-likeness (QED) is 0.853. The van der Waals surface area contributed by atoms with Crippen LogP contribution in [0, 0.1) is 18.8 Å². The van der Waals surface area contributed by atoms with E-state index in [2.05, 4.69) is 17.2 Å². The van der Waals surface area contributed by atoms with Gasteiger partial charge in [-0.3, -0.25) is 4.79 Å². The molecule has 1 amide bonds. The lowest BCUT2D eigenvalue weighted by molar-refractivity contribution is 0.0955. The smallest absolute Gasteiger partial charge is 0.263 e. The molecular formula is C14H13ClN2OS2. The Morgan fingerprint density at radius 2 is 2.30 bits per heavy atom. The predicted octanol–water partition coefficient (Wildman–Crippen LogP) is 3.01. The molecule has 20 heavy (non-hydrogen) atoms. The minimum atomic E-state index is -0.143. The average Bonchev–Trinajstić information content (AvgIpc) is 3.02. The number of nitrogens with one attached hydrogen (secondary N) is 1. The molecule has 0 aliphatic heterocycles. The molecule has 104 valence electrons. The Kier molecular flexibility index (Phi) is 5.21. The van der Waals surface area contributed by atoms with E-state index in [1.807, 2.05) is 24.4 Å². The monoisotopic (exact) mass is 324 g/mol. The van der Waals surface area contributed by atoms with Gasteiger partial charge in [0.1, 0.15) is 4.88 Å². The fourth-order valence-electron chi connectivity index (χ4n) is 1.51. The molecule has 0 aromatic carbocycles. The van der Waals surface area contributed by atoms with Crippen molar-refractivity contribution >= 4 is 40.2 Å². The standard InChI is InChI=1S/C14H13ClN2OS2/c1-9-8-19-13(12(9)15)14(18)17-7-11-5-4-10(20-11)3-2-6-16/h4-5,8H,6-7,16H2,1H3,(H,17,18). The van der Waals surface area contributed by atoms with Crippen molar-refractivity contribution in [1.29, 1.82) is 0 Å². The van der Waals surface area contributed by atoms with Crippen LogP contribution >= 0.6 is 34.3 Å². The van der Waals surface area contributed by atoms with Crippen LogP contribution in [0.25, 0.3) is 0 Å². The number of hydrogen-bond acceptors (Lipinski definition) is 4. The topological polar surface area (TPSA) is 55.1 Å². The Bertz CT molecular complexity index is 679. The van der Waals surface area contributed by atoms with Crippen molar-refractivity contribution in [2.24, 2.45) is 5.73 Å². The van der Waals surface area contributed by atoms with Gasteiger partial charge in [-0.1, -0.05) is 23.4 Å². The molecule has 2 rings (SSSR count). The number of rotatable bonds is 3. The van der Waals surface area contributed by atoms with Crippen LogP contribution in [-0.2, 0) is 6.54 Å². The number of nitrogens with two attached hydrogens (primary N) is 1. The van der Waals surface area contributed by atoms with Crippen LogP contribution in [-0.4, -0.2) is 12.5 Å². The molecule has 6 heteroatoms. The van der Waals surface area contributed by atoms with Gasteiger partial charge in [0.05, 0.1) is 23.0 Å². The zero-order valence-corrected chi connectivity index (χ0v) is 13.2. The fraction of sp³-hybridized carbons (Fsp3) is 0.214. The summed E-state index contributed by atoms with van der Waals surface area (Å²) < 4.78 is 0. The van der Waals surface area contributed by atoms with Crippen LogP contribution in [0.1, 0.15) is 25.0 Å². The third kappa shape index (κ3) is 3.62. The van der Waals surface area contributed by atoms with Crippen molar-refractivity contribution in [3.8, 4) is 11.8 Å². The fourth-order valence-corrected chi connectivity index (χ4v) is 3.53. The lowest BCUT2D eigenvalue weighted by Gasteiger charge is -2.02. The molecule has 2 aromatic rings. The van der Waals surface area contributed by atoms with E-state index in [-0.39, 0.29) is 5.91 Å². The molecule has 0 fully saturated rings. The van der Waals surface area contributed by atoms with E-state index in [0.29, 0.717) is 23.0 Å². The third-order valence-electron chi connectivity index (χ3n) is 2.50. The number of carbonyl (C=O) groups is 1. The summed E-state index contributed by atoms with van der Waals surface area (Å²) in [6.45, 7) is 2.71. The lowest BCUT2D eigenvalue weighted by atomic mass is 10.3. The summed E-state index contributed by atoms with van der Waals surface area (Å²) in [6.07, 6.45) is 0. The first-order chi connectivity index (χ1) is 9.61. The van der Waals surface area contributed by atoms with E-state index >= 15 is 0 Å². The SMILES string of the molecule is Cc1csc(C(=O)NCc2ccc(C#CCN)s2)c1Cl. The molecule has 2 heterocycles. The normalized spacial score (nSPS) is 9.95. The molecule has 0 saturated heterocycles. The maximum Gasteiger partial charge on any atom is 0.263 e. The van der Waals surface area contributed by atoms with E-state index in [9.17, 15) is 4.79 Å². The van der Waals surface area contributed by atoms with Gasteiger partial charge in [0.25, 0.3) is 5.91 Å². The van der Waals surface area contributed by atoms with Gasteiger partial charge in [0, 0.05) is 4.88 Å². The minimum absolute atomic E-state index is 0.143. The highest BCUT2D eigenvalue weighted by molar-refractivity contribution is 7.13. The van der Waals surface area contributed by atoms with Gasteiger partial charge < -0.3 is 11.1 Å².